The SMILES string of the molecule is CCc1nn(C(C)C2CC2)c(CC)c1N. The molecule has 3 nitrogen and oxygen atoms in total. The molecule has 0 aliphatic heterocycles. The minimum Gasteiger partial charge on any atom is -0.396 e. The molecule has 0 saturated heterocycles. The minimum absolute atomic E-state index is 0.530. The Balaban J connectivity index is 2.35. The maximum atomic E-state index is 6.10. The van der Waals surface area contributed by atoms with Crippen molar-refractivity contribution >= 4 is 5.69 Å². The second-order valence-electron chi connectivity index (χ2n) is 4.54. The van der Waals surface area contributed by atoms with Crippen LogP contribution >= 0.6 is 0 Å². The van der Waals surface area contributed by atoms with Crippen LogP contribution in [-0.4, -0.2) is 9.78 Å². The van der Waals surface area contributed by atoms with Gasteiger partial charge in [-0.2, -0.15) is 5.10 Å². The van der Waals surface area contributed by atoms with Crippen LogP contribution in [0, 0.1) is 5.92 Å². The van der Waals surface area contributed by atoms with Crippen LogP contribution < -0.4 is 5.73 Å². The Morgan fingerprint density at radius 1 is 1.40 bits per heavy atom. The fourth-order valence-corrected chi connectivity index (χ4v) is 2.26. The van der Waals surface area contributed by atoms with Crippen LogP contribution in [0.15, 0.2) is 0 Å². The van der Waals surface area contributed by atoms with E-state index in [-0.39, 0.29) is 0 Å². The molecule has 0 radical (unpaired) electrons. The molecule has 84 valence electrons. The van der Waals surface area contributed by atoms with Crippen molar-refractivity contribution in [3.63, 3.8) is 0 Å². The predicted octanol–water partition coefficient (Wildman–Crippen LogP) is 2.56. The number of nitrogens with two attached hydrogens (primary N) is 1. The minimum atomic E-state index is 0.530. The summed E-state index contributed by atoms with van der Waals surface area (Å²) < 4.78 is 2.17. The number of anilines is 1. The van der Waals surface area contributed by atoms with E-state index in [9.17, 15) is 0 Å². The molecule has 3 heteroatoms. The van der Waals surface area contributed by atoms with Crippen molar-refractivity contribution in [3.8, 4) is 0 Å². The van der Waals surface area contributed by atoms with E-state index in [1.54, 1.807) is 0 Å². The lowest BCUT2D eigenvalue weighted by molar-refractivity contribution is 0.424. The molecule has 0 amide bonds. The van der Waals surface area contributed by atoms with Gasteiger partial charge in [0, 0.05) is 0 Å². The maximum Gasteiger partial charge on any atom is 0.0854 e. The molecule has 15 heavy (non-hydrogen) atoms. The molecule has 1 aliphatic rings. The van der Waals surface area contributed by atoms with Crippen LogP contribution in [0.3, 0.4) is 0 Å². The van der Waals surface area contributed by atoms with Gasteiger partial charge in [0.25, 0.3) is 0 Å². The Labute approximate surface area is 91.7 Å². The quantitative estimate of drug-likeness (QED) is 0.824. The van der Waals surface area contributed by atoms with E-state index in [4.69, 9.17) is 5.73 Å². The van der Waals surface area contributed by atoms with Gasteiger partial charge in [-0.3, -0.25) is 4.68 Å². The Bertz CT molecular complexity index is 350. The summed E-state index contributed by atoms with van der Waals surface area (Å²) in [5.74, 6) is 0.833. The van der Waals surface area contributed by atoms with Crippen molar-refractivity contribution in [1.82, 2.24) is 9.78 Å². The van der Waals surface area contributed by atoms with Gasteiger partial charge in [-0.1, -0.05) is 13.8 Å². The molecular formula is C12H21N3. The molecule has 1 aromatic rings. The third kappa shape index (κ3) is 1.75. The van der Waals surface area contributed by atoms with Crippen LogP contribution in [-0.2, 0) is 12.8 Å². The van der Waals surface area contributed by atoms with Gasteiger partial charge >= 0.3 is 0 Å². The van der Waals surface area contributed by atoms with Gasteiger partial charge in [0.15, 0.2) is 0 Å². The molecule has 2 rings (SSSR count). The van der Waals surface area contributed by atoms with Crippen molar-refractivity contribution in [2.45, 2.75) is 52.5 Å². The van der Waals surface area contributed by atoms with Crippen molar-refractivity contribution in [3.05, 3.63) is 11.4 Å². The van der Waals surface area contributed by atoms with E-state index < -0.39 is 0 Å². The highest BCUT2D eigenvalue weighted by molar-refractivity contribution is 5.48. The first kappa shape index (κ1) is 10.5. The van der Waals surface area contributed by atoms with Crippen LogP contribution in [0.5, 0.6) is 0 Å². The second kappa shape index (κ2) is 3.87. The van der Waals surface area contributed by atoms with Crippen molar-refractivity contribution in [2.75, 3.05) is 5.73 Å². The van der Waals surface area contributed by atoms with Crippen LogP contribution in [0.2, 0.25) is 0 Å². The van der Waals surface area contributed by atoms with Crippen LogP contribution in [0.4, 0.5) is 5.69 Å². The van der Waals surface area contributed by atoms with E-state index >= 15 is 0 Å². The second-order valence-corrected chi connectivity index (χ2v) is 4.54. The molecule has 0 bridgehead atoms. The lowest BCUT2D eigenvalue weighted by Gasteiger charge is -2.14. The van der Waals surface area contributed by atoms with Gasteiger partial charge in [-0.15, -0.1) is 0 Å². The fraction of sp³-hybridized carbons (Fsp3) is 0.750. The van der Waals surface area contributed by atoms with Crippen LogP contribution in [0.25, 0.3) is 0 Å². The predicted molar refractivity (Wildman–Crippen MR) is 62.8 cm³/mol. The molecule has 2 N–H and O–H groups in total. The summed E-state index contributed by atoms with van der Waals surface area (Å²) in [6.07, 6.45) is 4.62. The molecule has 1 fully saturated rings. The molecule has 0 aromatic carbocycles. The average Bonchev–Trinajstić information content (AvgIpc) is 3.02. The first-order valence-electron chi connectivity index (χ1n) is 6.04. The largest absolute Gasteiger partial charge is 0.396 e. The van der Waals surface area contributed by atoms with E-state index in [0.29, 0.717) is 6.04 Å². The van der Waals surface area contributed by atoms with E-state index in [1.165, 1.54) is 18.5 Å². The van der Waals surface area contributed by atoms with Gasteiger partial charge in [-0.05, 0) is 38.5 Å². The summed E-state index contributed by atoms with van der Waals surface area (Å²) in [4.78, 5) is 0. The number of aryl methyl sites for hydroxylation is 1. The first-order valence-corrected chi connectivity index (χ1v) is 6.04. The van der Waals surface area contributed by atoms with Gasteiger partial charge < -0.3 is 5.73 Å². The summed E-state index contributed by atoms with van der Waals surface area (Å²) in [6.45, 7) is 6.54. The summed E-state index contributed by atoms with van der Waals surface area (Å²) in [5.41, 5.74) is 9.32. The van der Waals surface area contributed by atoms with Gasteiger partial charge in [0.05, 0.1) is 23.1 Å². The number of rotatable bonds is 4. The standard InChI is InChI=1S/C12H21N3/c1-4-10-12(13)11(5-2)15(14-10)8(3)9-6-7-9/h8-9H,4-7,13H2,1-3H3. The summed E-state index contributed by atoms with van der Waals surface area (Å²) in [7, 11) is 0. The summed E-state index contributed by atoms with van der Waals surface area (Å²) in [6, 6.07) is 0.530. The lowest BCUT2D eigenvalue weighted by atomic mass is 10.2. The third-order valence-corrected chi connectivity index (χ3v) is 3.49. The maximum absolute atomic E-state index is 6.10. The van der Waals surface area contributed by atoms with Crippen LogP contribution in [0.1, 0.15) is 51.0 Å². The van der Waals surface area contributed by atoms with Crippen molar-refractivity contribution < 1.29 is 0 Å². The highest BCUT2D eigenvalue weighted by atomic mass is 15.3. The molecule has 1 aliphatic carbocycles. The normalized spacial score (nSPS) is 18.1. The molecule has 0 spiro atoms. The zero-order valence-corrected chi connectivity index (χ0v) is 9.95. The van der Waals surface area contributed by atoms with Crippen molar-refractivity contribution in [1.29, 1.82) is 0 Å². The summed E-state index contributed by atoms with van der Waals surface area (Å²) in [5, 5.41) is 4.65. The molecule has 1 atom stereocenters. The smallest absolute Gasteiger partial charge is 0.0854 e. The monoisotopic (exact) mass is 207 g/mol. The van der Waals surface area contributed by atoms with Gasteiger partial charge in [0.1, 0.15) is 0 Å². The third-order valence-electron chi connectivity index (χ3n) is 3.49. The molecule has 1 saturated carbocycles. The average molecular weight is 207 g/mol. The van der Waals surface area contributed by atoms with Gasteiger partial charge in [0.2, 0.25) is 0 Å². The number of nitrogens with zero attached hydrogens (tertiary/aromatic N) is 2. The Morgan fingerprint density at radius 2 is 2.07 bits per heavy atom. The molecule has 1 heterocycles. The number of hydrogen-bond acceptors (Lipinski definition) is 2. The number of aromatic nitrogens is 2. The summed E-state index contributed by atoms with van der Waals surface area (Å²) >= 11 is 0. The highest BCUT2D eigenvalue weighted by Gasteiger charge is 2.31. The fourth-order valence-electron chi connectivity index (χ4n) is 2.26. The van der Waals surface area contributed by atoms with E-state index in [2.05, 4.69) is 30.6 Å². The zero-order valence-electron chi connectivity index (χ0n) is 9.95. The van der Waals surface area contributed by atoms with Gasteiger partial charge in [-0.25, -0.2) is 0 Å². The first-order chi connectivity index (χ1) is 7.19. The van der Waals surface area contributed by atoms with Crippen molar-refractivity contribution in [2.24, 2.45) is 5.92 Å². The number of nitrogen functional groups attached to an aromatic ring is 1. The number of hydrogen-bond donors (Lipinski definition) is 1. The molecular weight excluding hydrogens is 186 g/mol. The highest BCUT2D eigenvalue weighted by Crippen LogP contribution is 2.40. The molecule has 1 unspecified atom stereocenters. The lowest BCUT2D eigenvalue weighted by Crippen LogP contribution is -2.12. The zero-order chi connectivity index (χ0) is 11.0. The molecule has 1 aromatic heterocycles. The van der Waals surface area contributed by atoms with E-state index in [1.807, 2.05) is 0 Å². The Morgan fingerprint density at radius 3 is 2.53 bits per heavy atom. The topological polar surface area (TPSA) is 43.8 Å². The Hall–Kier alpha value is -0.990. The van der Waals surface area contributed by atoms with E-state index in [0.717, 1.165) is 30.1 Å². The Kier molecular flexibility index (Phi) is 2.72.